The van der Waals surface area contributed by atoms with E-state index in [2.05, 4.69) is 19.9 Å². The zero-order chi connectivity index (χ0) is 11.0. The van der Waals surface area contributed by atoms with Crippen LogP contribution in [0.4, 0.5) is 0 Å². The molecule has 0 saturated heterocycles. The van der Waals surface area contributed by atoms with E-state index in [0.29, 0.717) is 0 Å². The highest BCUT2D eigenvalue weighted by molar-refractivity contribution is 6.33. The molecule has 0 radical (unpaired) electrons. The molecule has 7 nitrogen and oxygen atoms in total. The highest BCUT2D eigenvalue weighted by Crippen LogP contribution is 2.13. The molecule has 0 unspecified atom stereocenters. The summed E-state index contributed by atoms with van der Waals surface area (Å²) in [5.41, 5.74) is -1.31. The van der Waals surface area contributed by atoms with Crippen LogP contribution < -0.4 is 5.56 Å². The van der Waals surface area contributed by atoms with Gasteiger partial charge in [0.2, 0.25) is 5.69 Å². The number of aromatic carboxylic acids is 1. The lowest BCUT2D eigenvalue weighted by molar-refractivity contribution is 0.0689. The molecule has 15 heavy (non-hydrogen) atoms. The Morgan fingerprint density at radius 3 is 2.87 bits per heavy atom. The lowest BCUT2D eigenvalue weighted by Crippen LogP contribution is -2.20. The lowest BCUT2D eigenvalue weighted by Gasteiger charge is -1.98. The van der Waals surface area contributed by atoms with Crippen molar-refractivity contribution < 1.29 is 9.90 Å². The van der Waals surface area contributed by atoms with Crippen LogP contribution in [-0.2, 0) is 0 Å². The van der Waals surface area contributed by atoms with Crippen molar-refractivity contribution in [2.75, 3.05) is 0 Å². The number of halogens is 1. The SMILES string of the molecule is O=C(O)c1nc2c(Cl)ncnc2[nH]c1=O. The third-order valence-corrected chi connectivity index (χ3v) is 1.93. The number of H-pyrrole nitrogens is 1. The van der Waals surface area contributed by atoms with Crippen molar-refractivity contribution in [3.05, 3.63) is 27.5 Å². The average molecular weight is 227 g/mol. The van der Waals surface area contributed by atoms with Crippen molar-refractivity contribution in [2.24, 2.45) is 0 Å². The second-order valence-corrected chi connectivity index (χ2v) is 2.94. The number of rotatable bonds is 1. The van der Waals surface area contributed by atoms with Crippen LogP contribution >= 0.6 is 11.6 Å². The minimum Gasteiger partial charge on any atom is -0.476 e. The van der Waals surface area contributed by atoms with Gasteiger partial charge in [-0.25, -0.2) is 19.7 Å². The van der Waals surface area contributed by atoms with Crippen LogP contribution in [0.3, 0.4) is 0 Å². The van der Waals surface area contributed by atoms with Crippen LogP contribution in [0.25, 0.3) is 11.2 Å². The number of carboxylic acid groups (broad SMARTS) is 1. The van der Waals surface area contributed by atoms with Gasteiger partial charge in [0, 0.05) is 0 Å². The molecule has 0 aromatic carbocycles. The van der Waals surface area contributed by atoms with E-state index in [1.54, 1.807) is 0 Å². The van der Waals surface area contributed by atoms with Crippen molar-refractivity contribution in [1.82, 2.24) is 19.9 Å². The summed E-state index contributed by atoms with van der Waals surface area (Å²) < 4.78 is 0. The van der Waals surface area contributed by atoms with E-state index in [9.17, 15) is 9.59 Å². The van der Waals surface area contributed by atoms with Gasteiger partial charge in [-0.05, 0) is 0 Å². The van der Waals surface area contributed by atoms with Crippen LogP contribution in [0.1, 0.15) is 10.5 Å². The molecule has 0 saturated carbocycles. The fourth-order valence-electron chi connectivity index (χ4n) is 1.02. The molecular weight excluding hydrogens is 224 g/mol. The van der Waals surface area contributed by atoms with Crippen LogP contribution in [0.2, 0.25) is 5.15 Å². The first-order valence-electron chi connectivity index (χ1n) is 3.73. The monoisotopic (exact) mass is 226 g/mol. The minimum atomic E-state index is -1.43. The van der Waals surface area contributed by atoms with Gasteiger partial charge in [-0.2, -0.15) is 0 Å². The maximum absolute atomic E-state index is 11.2. The van der Waals surface area contributed by atoms with E-state index >= 15 is 0 Å². The van der Waals surface area contributed by atoms with E-state index in [1.165, 1.54) is 0 Å². The van der Waals surface area contributed by atoms with Crippen molar-refractivity contribution in [3.63, 3.8) is 0 Å². The summed E-state index contributed by atoms with van der Waals surface area (Å²) in [6.07, 6.45) is 1.14. The standard InChI is InChI=1S/C7H3ClN4O3/c8-4-2-5(10-1-9-4)12-6(13)3(11-2)7(14)15/h1H,(H,14,15)(H,9,10,12,13). The first-order valence-corrected chi connectivity index (χ1v) is 4.11. The fourth-order valence-corrected chi connectivity index (χ4v) is 1.20. The Labute approximate surface area is 86.8 Å². The van der Waals surface area contributed by atoms with Gasteiger partial charge in [0.05, 0.1) is 0 Å². The molecule has 76 valence electrons. The van der Waals surface area contributed by atoms with Gasteiger partial charge >= 0.3 is 5.97 Å². The van der Waals surface area contributed by atoms with Gasteiger partial charge < -0.3 is 10.1 Å². The van der Waals surface area contributed by atoms with Crippen LogP contribution in [0.5, 0.6) is 0 Å². The van der Waals surface area contributed by atoms with Crippen LogP contribution in [0, 0.1) is 0 Å². The number of nitrogens with one attached hydrogen (secondary N) is 1. The van der Waals surface area contributed by atoms with Crippen molar-refractivity contribution in [1.29, 1.82) is 0 Å². The summed E-state index contributed by atoms with van der Waals surface area (Å²) in [5.74, 6) is -1.43. The summed E-state index contributed by atoms with van der Waals surface area (Å²) in [7, 11) is 0. The Kier molecular flexibility index (Phi) is 2.09. The lowest BCUT2D eigenvalue weighted by atomic mass is 10.4. The number of carbonyl (C=O) groups is 1. The van der Waals surface area contributed by atoms with E-state index < -0.39 is 17.2 Å². The summed E-state index contributed by atoms with van der Waals surface area (Å²) in [5, 5.41) is 8.63. The highest BCUT2D eigenvalue weighted by atomic mass is 35.5. The van der Waals surface area contributed by atoms with E-state index in [0.717, 1.165) is 6.33 Å². The number of hydrogen-bond donors (Lipinski definition) is 2. The number of carboxylic acids is 1. The summed E-state index contributed by atoms with van der Waals surface area (Å²) in [6.45, 7) is 0. The molecule has 2 aromatic rings. The third kappa shape index (κ3) is 1.52. The normalized spacial score (nSPS) is 10.5. The number of hydrogen-bond acceptors (Lipinski definition) is 5. The highest BCUT2D eigenvalue weighted by Gasteiger charge is 2.14. The molecule has 0 bridgehead atoms. The summed E-state index contributed by atoms with van der Waals surface area (Å²) >= 11 is 5.66. The molecule has 2 rings (SSSR count). The molecule has 0 amide bonds. The van der Waals surface area contributed by atoms with Crippen molar-refractivity contribution in [2.45, 2.75) is 0 Å². The van der Waals surface area contributed by atoms with Gasteiger partial charge in [0.15, 0.2) is 10.8 Å². The predicted octanol–water partition coefficient (Wildman–Crippen LogP) is 0.0647. The number of fused-ring (bicyclic) bond motifs is 1. The summed E-state index contributed by atoms with van der Waals surface area (Å²) in [6, 6.07) is 0. The largest absolute Gasteiger partial charge is 0.476 e. The molecule has 2 aromatic heterocycles. The molecular formula is C7H3ClN4O3. The smallest absolute Gasteiger partial charge is 0.360 e. The van der Waals surface area contributed by atoms with E-state index in [4.69, 9.17) is 16.7 Å². The predicted molar refractivity (Wildman–Crippen MR) is 49.9 cm³/mol. The van der Waals surface area contributed by atoms with Gasteiger partial charge in [-0.1, -0.05) is 11.6 Å². The van der Waals surface area contributed by atoms with Gasteiger partial charge in [-0.15, -0.1) is 0 Å². The van der Waals surface area contributed by atoms with Crippen molar-refractivity contribution >= 4 is 28.7 Å². The second-order valence-electron chi connectivity index (χ2n) is 2.58. The number of aromatic amines is 1. The zero-order valence-corrected chi connectivity index (χ0v) is 7.82. The molecule has 8 heteroatoms. The quantitative estimate of drug-likeness (QED) is 0.666. The van der Waals surface area contributed by atoms with Gasteiger partial charge in [0.1, 0.15) is 11.8 Å². The molecule has 0 fully saturated rings. The van der Waals surface area contributed by atoms with E-state index in [1.807, 2.05) is 0 Å². The molecule has 2 N–H and O–H groups in total. The first-order chi connectivity index (χ1) is 7.09. The molecule has 0 aliphatic carbocycles. The third-order valence-electron chi connectivity index (χ3n) is 1.65. The minimum absolute atomic E-state index is 0.0150. The maximum atomic E-state index is 11.2. The average Bonchev–Trinajstić information content (AvgIpc) is 2.16. The number of nitrogens with zero attached hydrogens (tertiary/aromatic N) is 3. The van der Waals surface area contributed by atoms with E-state index in [-0.39, 0.29) is 16.3 Å². The maximum Gasteiger partial charge on any atom is 0.360 e. The van der Waals surface area contributed by atoms with Gasteiger partial charge in [-0.3, -0.25) is 4.79 Å². The van der Waals surface area contributed by atoms with Crippen molar-refractivity contribution in [3.8, 4) is 0 Å². The Hall–Kier alpha value is -2.02. The molecule has 0 spiro atoms. The molecule has 0 atom stereocenters. The molecule has 0 aliphatic heterocycles. The first kappa shape index (κ1) is 9.53. The molecule has 0 aliphatic rings. The van der Waals surface area contributed by atoms with Crippen LogP contribution in [-0.4, -0.2) is 31.0 Å². The fraction of sp³-hybridized carbons (Fsp3) is 0. The Balaban J connectivity index is 2.90. The Morgan fingerprint density at radius 2 is 2.20 bits per heavy atom. The topological polar surface area (TPSA) is 109 Å². The van der Waals surface area contributed by atoms with Crippen LogP contribution in [0.15, 0.2) is 11.1 Å². The summed E-state index contributed by atoms with van der Waals surface area (Å²) in [4.78, 5) is 34.9. The molecule has 2 heterocycles. The second kappa shape index (κ2) is 3.28. The van der Waals surface area contributed by atoms with Gasteiger partial charge in [0.25, 0.3) is 5.56 Å². The Morgan fingerprint density at radius 1 is 1.47 bits per heavy atom. The number of aromatic nitrogens is 4. The Bertz CT molecular complexity index is 609. The zero-order valence-electron chi connectivity index (χ0n) is 7.06.